The van der Waals surface area contributed by atoms with Gasteiger partial charge in [0.05, 0.1) is 7.11 Å². The highest BCUT2D eigenvalue weighted by molar-refractivity contribution is 7.80. The van der Waals surface area contributed by atoms with Gasteiger partial charge in [0.25, 0.3) is 0 Å². The number of rotatable bonds is 6. The van der Waals surface area contributed by atoms with Gasteiger partial charge in [-0.05, 0) is 61.5 Å². The van der Waals surface area contributed by atoms with E-state index in [1.54, 1.807) is 7.11 Å². The largest absolute Gasteiger partial charge is 0.497 e. The van der Waals surface area contributed by atoms with Gasteiger partial charge in [0.2, 0.25) is 5.95 Å². The Morgan fingerprint density at radius 1 is 1.00 bits per heavy atom. The van der Waals surface area contributed by atoms with Crippen molar-refractivity contribution in [2.75, 3.05) is 48.4 Å². The predicted molar refractivity (Wildman–Crippen MR) is 139 cm³/mol. The van der Waals surface area contributed by atoms with E-state index >= 15 is 0 Å². The fraction of sp³-hybridized carbons (Fsp3) is 0.560. The molecule has 1 atom stereocenters. The average Bonchev–Trinajstić information content (AvgIpc) is 3.13. The van der Waals surface area contributed by atoms with Crippen LogP contribution in [0.25, 0.3) is 0 Å². The first kappa shape index (κ1) is 23.5. The minimum absolute atomic E-state index is 0.525. The van der Waals surface area contributed by atoms with Gasteiger partial charge in [0, 0.05) is 38.8 Å². The summed E-state index contributed by atoms with van der Waals surface area (Å²) in [7, 11) is 1.67. The van der Waals surface area contributed by atoms with Crippen molar-refractivity contribution in [2.24, 2.45) is 5.92 Å². The number of anilines is 3. The van der Waals surface area contributed by atoms with Gasteiger partial charge in [-0.25, -0.2) is 0 Å². The molecule has 2 saturated heterocycles. The summed E-state index contributed by atoms with van der Waals surface area (Å²) in [5.74, 6) is 4.09. The van der Waals surface area contributed by atoms with E-state index in [4.69, 9.17) is 26.9 Å². The number of hydrogen-bond donors (Lipinski definition) is 2. The number of methoxy groups -OCH3 is 1. The summed E-state index contributed by atoms with van der Waals surface area (Å²) in [4.78, 5) is 14.5. The molecular formula is C25H36N6OS. The Labute approximate surface area is 202 Å². The van der Waals surface area contributed by atoms with E-state index in [1.165, 1.54) is 38.5 Å². The van der Waals surface area contributed by atoms with Crippen LogP contribution < -0.4 is 25.2 Å². The summed E-state index contributed by atoms with van der Waals surface area (Å²) in [6, 6.07) is 10.1. The van der Waals surface area contributed by atoms with Crippen LogP contribution in [0.15, 0.2) is 30.3 Å². The number of nitrogens with one attached hydrogen (secondary N) is 2. The minimum Gasteiger partial charge on any atom is -0.497 e. The molecule has 2 aromatic rings. The number of benzene rings is 1. The third-order valence-corrected chi connectivity index (χ3v) is 6.69. The standard InChI is InChI=1S/C25H36N6OS/c1-19-8-7-15-31(18-19)23-16-22(30-13-5-3-4-6-14-30)27-24(28-23)29-25(33)26-17-20-9-11-21(32-2)12-10-20/h9-12,16,19H,3-8,13-15,17-18H2,1-2H3,(H2,26,27,28,29,33)/t19-/m1/s1. The van der Waals surface area contributed by atoms with Gasteiger partial charge in [-0.1, -0.05) is 31.9 Å². The van der Waals surface area contributed by atoms with Gasteiger partial charge >= 0.3 is 0 Å². The maximum atomic E-state index is 5.57. The second kappa shape index (κ2) is 11.5. The second-order valence-corrected chi connectivity index (χ2v) is 9.57. The Hall–Kier alpha value is -2.61. The van der Waals surface area contributed by atoms with Crippen LogP contribution in [0.1, 0.15) is 51.0 Å². The monoisotopic (exact) mass is 468 g/mol. The molecule has 178 valence electrons. The van der Waals surface area contributed by atoms with Gasteiger partial charge in [-0.2, -0.15) is 9.97 Å². The van der Waals surface area contributed by atoms with E-state index in [9.17, 15) is 0 Å². The van der Waals surface area contributed by atoms with Crippen molar-refractivity contribution in [2.45, 2.75) is 52.0 Å². The van der Waals surface area contributed by atoms with E-state index in [0.717, 1.165) is 49.1 Å². The topological polar surface area (TPSA) is 65.6 Å². The molecule has 0 bridgehead atoms. The second-order valence-electron chi connectivity index (χ2n) is 9.16. The highest BCUT2D eigenvalue weighted by Gasteiger charge is 2.21. The molecule has 4 rings (SSSR count). The molecule has 0 radical (unpaired) electrons. The zero-order valence-corrected chi connectivity index (χ0v) is 20.7. The lowest BCUT2D eigenvalue weighted by Crippen LogP contribution is -2.36. The van der Waals surface area contributed by atoms with Crippen molar-refractivity contribution in [1.29, 1.82) is 0 Å². The Morgan fingerprint density at radius 2 is 1.67 bits per heavy atom. The smallest absolute Gasteiger partial charge is 0.232 e. The minimum atomic E-state index is 0.525. The lowest BCUT2D eigenvalue weighted by atomic mass is 10.0. The Kier molecular flexibility index (Phi) is 8.20. The summed E-state index contributed by atoms with van der Waals surface area (Å²) in [5, 5.41) is 7.04. The fourth-order valence-electron chi connectivity index (χ4n) is 4.57. The van der Waals surface area contributed by atoms with E-state index in [-0.39, 0.29) is 0 Å². The van der Waals surface area contributed by atoms with E-state index in [1.807, 2.05) is 24.3 Å². The molecule has 2 aliphatic heterocycles. The van der Waals surface area contributed by atoms with E-state index in [2.05, 4.69) is 33.4 Å². The molecular weight excluding hydrogens is 432 g/mol. The van der Waals surface area contributed by atoms with Crippen molar-refractivity contribution in [1.82, 2.24) is 15.3 Å². The zero-order valence-electron chi connectivity index (χ0n) is 19.8. The molecule has 1 aromatic heterocycles. The van der Waals surface area contributed by atoms with Crippen LogP contribution in [-0.4, -0.2) is 48.4 Å². The number of aromatic nitrogens is 2. The molecule has 0 spiro atoms. The third kappa shape index (κ3) is 6.69. The van der Waals surface area contributed by atoms with Crippen molar-refractivity contribution in [3.05, 3.63) is 35.9 Å². The maximum absolute atomic E-state index is 5.57. The SMILES string of the molecule is COc1ccc(CNC(=S)Nc2nc(N3CCCCCC3)cc(N3CCC[C@@H](C)C3)n2)cc1. The molecule has 0 aliphatic carbocycles. The third-order valence-electron chi connectivity index (χ3n) is 6.45. The molecule has 3 heterocycles. The molecule has 7 nitrogen and oxygen atoms in total. The molecule has 2 aliphatic rings. The van der Waals surface area contributed by atoms with E-state index < -0.39 is 0 Å². The lowest BCUT2D eigenvalue weighted by Gasteiger charge is -2.33. The number of ether oxygens (including phenoxy) is 1. The molecule has 0 saturated carbocycles. The maximum Gasteiger partial charge on any atom is 0.232 e. The van der Waals surface area contributed by atoms with Gasteiger partial charge in [-0.15, -0.1) is 0 Å². The van der Waals surface area contributed by atoms with Crippen molar-refractivity contribution in [3.63, 3.8) is 0 Å². The summed E-state index contributed by atoms with van der Waals surface area (Å²) in [5.41, 5.74) is 1.13. The van der Waals surface area contributed by atoms with Gasteiger partial charge in [-0.3, -0.25) is 0 Å². The molecule has 1 aromatic carbocycles. The first-order chi connectivity index (χ1) is 16.1. The number of hydrogen-bond acceptors (Lipinski definition) is 6. The molecule has 33 heavy (non-hydrogen) atoms. The molecule has 0 unspecified atom stereocenters. The molecule has 0 amide bonds. The highest BCUT2D eigenvalue weighted by Crippen LogP contribution is 2.27. The Morgan fingerprint density at radius 3 is 2.33 bits per heavy atom. The average molecular weight is 469 g/mol. The highest BCUT2D eigenvalue weighted by atomic mass is 32.1. The first-order valence-electron chi connectivity index (χ1n) is 12.2. The van der Waals surface area contributed by atoms with Crippen molar-refractivity contribution >= 4 is 34.9 Å². The number of nitrogens with zero attached hydrogens (tertiary/aromatic N) is 4. The Balaban J connectivity index is 1.48. The summed E-state index contributed by atoms with van der Waals surface area (Å²) >= 11 is 5.57. The van der Waals surface area contributed by atoms with Crippen LogP contribution in [-0.2, 0) is 6.54 Å². The van der Waals surface area contributed by atoms with Crippen LogP contribution in [0.2, 0.25) is 0 Å². The van der Waals surface area contributed by atoms with Gasteiger partial charge < -0.3 is 25.2 Å². The van der Waals surface area contributed by atoms with Crippen LogP contribution in [0, 0.1) is 5.92 Å². The number of thiocarbonyl (C=S) groups is 1. The fourth-order valence-corrected chi connectivity index (χ4v) is 4.73. The summed E-state index contributed by atoms with van der Waals surface area (Å²) in [6.07, 6.45) is 7.50. The van der Waals surface area contributed by atoms with Gasteiger partial charge in [0.15, 0.2) is 5.11 Å². The lowest BCUT2D eigenvalue weighted by molar-refractivity contribution is 0.414. The molecule has 8 heteroatoms. The summed E-state index contributed by atoms with van der Waals surface area (Å²) < 4.78 is 5.23. The van der Waals surface area contributed by atoms with Crippen molar-refractivity contribution < 1.29 is 4.74 Å². The molecule has 2 N–H and O–H groups in total. The van der Waals surface area contributed by atoms with Gasteiger partial charge in [0.1, 0.15) is 17.4 Å². The first-order valence-corrected chi connectivity index (χ1v) is 12.6. The van der Waals surface area contributed by atoms with Crippen LogP contribution in [0.3, 0.4) is 0 Å². The number of piperidine rings is 1. The van der Waals surface area contributed by atoms with Crippen molar-refractivity contribution in [3.8, 4) is 5.75 Å². The Bertz CT molecular complexity index is 893. The summed E-state index contributed by atoms with van der Waals surface area (Å²) in [6.45, 7) is 7.12. The molecule has 2 fully saturated rings. The van der Waals surface area contributed by atoms with Crippen LogP contribution >= 0.6 is 12.2 Å². The normalized spacial score (nSPS) is 19.0. The quantitative estimate of drug-likeness (QED) is 0.597. The zero-order chi connectivity index (χ0) is 23.0. The van der Waals surface area contributed by atoms with Crippen LogP contribution in [0.4, 0.5) is 17.6 Å². The van der Waals surface area contributed by atoms with E-state index in [0.29, 0.717) is 23.5 Å². The predicted octanol–water partition coefficient (Wildman–Crippen LogP) is 4.59. The van der Waals surface area contributed by atoms with Crippen LogP contribution in [0.5, 0.6) is 5.75 Å².